The van der Waals surface area contributed by atoms with E-state index in [1.54, 1.807) is 42.5 Å². The number of imide groups is 1. The topological polar surface area (TPSA) is 107 Å². The van der Waals surface area contributed by atoms with Crippen molar-refractivity contribution in [3.63, 3.8) is 0 Å². The summed E-state index contributed by atoms with van der Waals surface area (Å²) in [6, 6.07) is 21.4. The monoisotopic (exact) mass is 544 g/mol. The summed E-state index contributed by atoms with van der Waals surface area (Å²) in [5.74, 6) is -1.43. The summed E-state index contributed by atoms with van der Waals surface area (Å²) in [7, 11) is 0. The third kappa shape index (κ3) is 4.57. The fourth-order valence-electron chi connectivity index (χ4n) is 5.07. The predicted octanol–water partition coefficient (Wildman–Crippen LogP) is 3.96. The van der Waals surface area contributed by atoms with Crippen molar-refractivity contribution in [3.8, 4) is 5.75 Å². The minimum Gasteiger partial charge on any atom is -0.435 e. The van der Waals surface area contributed by atoms with E-state index in [0.29, 0.717) is 23.4 Å². The van der Waals surface area contributed by atoms with Gasteiger partial charge in [0.15, 0.2) is 12.1 Å². The van der Waals surface area contributed by atoms with Crippen LogP contribution in [-0.2, 0) is 14.4 Å². The van der Waals surface area contributed by atoms with Gasteiger partial charge in [-0.25, -0.2) is 9.91 Å². The van der Waals surface area contributed by atoms with Crippen molar-refractivity contribution < 1.29 is 27.9 Å². The molecule has 3 aliphatic rings. The standard InChI is InChI=1S/C28H22F2N6O4/c29-28(30)40-20-13-11-17(12-14-20)21-15-22(18-7-3-1-4-8-18)36(32-21)23(37)16-34-25-24(31-33-34)26(38)35(27(25)39)19-9-5-2-6-10-19/h1-14,22,24-25,28H,15-16H2/t22-,24-,25+/m1/s1. The van der Waals surface area contributed by atoms with Gasteiger partial charge in [0.1, 0.15) is 12.3 Å². The van der Waals surface area contributed by atoms with Crippen molar-refractivity contribution in [2.75, 3.05) is 11.4 Å². The third-order valence-corrected chi connectivity index (χ3v) is 6.93. The van der Waals surface area contributed by atoms with Crippen molar-refractivity contribution >= 4 is 29.1 Å². The van der Waals surface area contributed by atoms with E-state index < -0.39 is 42.5 Å². The molecule has 0 bridgehead atoms. The van der Waals surface area contributed by atoms with Crippen LogP contribution in [0.15, 0.2) is 100 Å². The summed E-state index contributed by atoms with van der Waals surface area (Å²) in [4.78, 5) is 40.9. The van der Waals surface area contributed by atoms with Crippen LogP contribution < -0.4 is 9.64 Å². The van der Waals surface area contributed by atoms with Gasteiger partial charge in [0.2, 0.25) is 0 Å². The highest BCUT2D eigenvalue weighted by Crippen LogP contribution is 2.35. The van der Waals surface area contributed by atoms with E-state index >= 15 is 0 Å². The Morgan fingerprint density at radius 3 is 2.27 bits per heavy atom. The molecule has 0 radical (unpaired) electrons. The van der Waals surface area contributed by atoms with Crippen molar-refractivity contribution in [1.82, 2.24) is 10.0 Å². The molecule has 3 amide bonds. The predicted molar refractivity (Wildman–Crippen MR) is 138 cm³/mol. The Kier molecular flexibility index (Phi) is 6.50. The fraction of sp³-hybridized carbons (Fsp3) is 0.214. The van der Waals surface area contributed by atoms with E-state index in [0.717, 1.165) is 10.5 Å². The number of alkyl halides is 2. The van der Waals surface area contributed by atoms with Gasteiger partial charge in [-0.15, -0.1) is 0 Å². The molecule has 0 spiro atoms. The zero-order valence-corrected chi connectivity index (χ0v) is 20.9. The van der Waals surface area contributed by atoms with Crippen molar-refractivity contribution in [3.05, 3.63) is 96.1 Å². The first-order chi connectivity index (χ1) is 19.4. The normalized spacial score (nSPS) is 21.8. The zero-order chi connectivity index (χ0) is 27.8. The summed E-state index contributed by atoms with van der Waals surface area (Å²) in [6.07, 6.45) is 0.373. The number of fused-ring (bicyclic) bond motifs is 1. The number of hydrogen-bond donors (Lipinski definition) is 0. The Bertz CT molecular complexity index is 1500. The van der Waals surface area contributed by atoms with Gasteiger partial charge in [0.05, 0.1) is 17.4 Å². The lowest BCUT2D eigenvalue weighted by Crippen LogP contribution is -2.44. The van der Waals surface area contributed by atoms with E-state index in [1.807, 2.05) is 30.3 Å². The van der Waals surface area contributed by atoms with Crippen LogP contribution in [0.1, 0.15) is 23.6 Å². The van der Waals surface area contributed by atoms with Crippen molar-refractivity contribution in [2.24, 2.45) is 15.4 Å². The summed E-state index contributed by atoms with van der Waals surface area (Å²) in [6.45, 7) is -3.26. The van der Waals surface area contributed by atoms with Crippen LogP contribution in [0.5, 0.6) is 5.75 Å². The number of anilines is 1. The summed E-state index contributed by atoms with van der Waals surface area (Å²) < 4.78 is 29.5. The average molecular weight is 545 g/mol. The molecule has 0 aliphatic carbocycles. The molecular formula is C28H22F2N6O4. The van der Waals surface area contributed by atoms with Crippen LogP contribution in [0, 0.1) is 0 Å². The number of hydrogen-bond acceptors (Lipinski definition) is 8. The Morgan fingerprint density at radius 2 is 1.60 bits per heavy atom. The number of carbonyl (C=O) groups is 3. The fourth-order valence-corrected chi connectivity index (χ4v) is 5.07. The minimum absolute atomic E-state index is 0.0131. The van der Waals surface area contributed by atoms with Crippen LogP contribution in [-0.4, -0.2) is 58.7 Å². The van der Waals surface area contributed by atoms with E-state index in [-0.39, 0.29) is 12.3 Å². The first kappa shape index (κ1) is 25.3. The lowest BCUT2D eigenvalue weighted by Gasteiger charge is -2.25. The maximum absolute atomic E-state index is 13.6. The Balaban J connectivity index is 1.24. The highest BCUT2D eigenvalue weighted by molar-refractivity contribution is 6.25. The number of ether oxygens (including phenoxy) is 1. The second-order valence-corrected chi connectivity index (χ2v) is 9.36. The molecule has 3 aromatic carbocycles. The largest absolute Gasteiger partial charge is 0.435 e. The third-order valence-electron chi connectivity index (χ3n) is 6.93. The number of carbonyl (C=O) groups excluding carboxylic acids is 3. The first-order valence-electron chi connectivity index (χ1n) is 12.5. The lowest BCUT2D eigenvalue weighted by molar-refractivity contribution is -0.135. The quantitative estimate of drug-likeness (QED) is 0.419. The molecule has 3 atom stereocenters. The highest BCUT2D eigenvalue weighted by Gasteiger charge is 2.55. The van der Waals surface area contributed by atoms with Gasteiger partial charge in [-0.05, 0) is 47.5 Å². The van der Waals surface area contributed by atoms with Gasteiger partial charge in [0, 0.05) is 6.42 Å². The number of para-hydroxylation sites is 1. The lowest BCUT2D eigenvalue weighted by atomic mass is 9.98. The van der Waals surface area contributed by atoms with Crippen LogP contribution in [0.3, 0.4) is 0 Å². The Hall–Kier alpha value is -5.00. The number of rotatable bonds is 7. The van der Waals surface area contributed by atoms with Crippen LogP contribution in [0.2, 0.25) is 0 Å². The van der Waals surface area contributed by atoms with Crippen LogP contribution >= 0.6 is 0 Å². The van der Waals surface area contributed by atoms with Gasteiger partial charge in [0.25, 0.3) is 17.7 Å². The van der Waals surface area contributed by atoms with E-state index in [9.17, 15) is 23.2 Å². The number of amides is 3. The molecule has 3 aliphatic heterocycles. The van der Waals surface area contributed by atoms with Gasteiger partial charge in [-0.3, -0.25) is 19.4 Å². The van der Waals surface area contributed by atoms with Gasteiger partial charge in [-0.2, -0.15) is 19.0 Å². The molecule has 1 saturated heterocycles. The molecule has 40 heavy (non-hydrogen) atoms. The summed E-state index contributed by atoms with van der Waals surface area (Å²) in [5, 5.41) is 15.1. The smallest absolute Gasteiger partial charge is 0.387 e. The SMILES string of the molecule is O=C1[C@@H]2[C@@H](N=NN2CC(=O)N2N=C(c3ccc(OC(F)F)cc3)C[C@@H]2c2ccccc2)C(=O)N1c1ccccc1. The van der Waals surface area contributed by atoms with Crippen molar-refractivity contribution in [2.45, 2.75) is 31.2 Å². The summed E-state index contributed by atoms with van der Waals surface area (Å²) >= 11 is 0. The number of hydrazone groups is 1. The summed E-state index contributed by atoms with van der Waals surface area (Å²) in [5.41, 5.74) is 2.50. The highest BCUT2D eigenvalue weighted by atomic mass is 19.3. The van der Waals surface area contributed by atoms with Crippen LogP contribution in [0.25, 0.3) is 0 Å². The van der Waals surface area contributed by atoms with Crippen molar-refractivity contribution in [1.29, 1.82) is 0 Å². The molecule has 0 saturated carbocycles. The number of benzene rings is 3. The van der Waals surface area contributed by atoms with E-state index in [4.69, 9.17) is 0 Å². The molecule has 3 heterocycles. The van der Waals surface area contributed by atoms with E-state index in [2.05, 4.69) is 20.2 Å². The Morgan fingerprint density at radius 1 is 0.925 bits per heavy atom. The molecule has 0 unspecified atom stereocenters. The zero-order valence-electron chi connectivity index (χ0n) is 20.9. The molecule has 6 rings (SSSR count). The second kappa shape index (κ2) is 10.3. The maximum Gasteiger partial charge on any atom is 0.387 e. The molecule has 0 N–H and O–H groups in total. The molecule has 10 nitrogen and oxygen atoms in total. The van der Waals surface area contributed by atoms with Gasteiger partial charge in [-0.1, -0.05) is 53.8 Å². The molecular weight excluding hydrogens is 522 g/mol. The molecule has 12 heteroatoms. The Labute approximate surface area is 227 Å². The minimum atomic E-state index is -2.94. The molecule has 1 fully saturated rings. The molecule has 202 valence electrons. The van der Waals surface area contributed by atoms with Crippen LogP contribution in [0.4, 0.5) is 14.5 Å². The average Bonchev–Trinajstić information content (AvgIpc) is 3.65. The number of halogens is 2. The maximum atomic E-state index is 13.6. The second-order valence-electron chi connectivity index (χ2n) is 9.36. The molecule has 0 aromatic heterocycles. The molecule has 3 aromatic rings. The van der Waals surface area contributed by atoms with Gasteiger partial charge < -0.3 is 4.74 Å². The van der Waals surface area contributed by atoms with E-state index in [1.165, 1.54) is 22.2 Å². The first-order valence-corrected chi connectivity index (χ1v) is 12.5. The van der Waals surface area contributed by atoms with Gasteiger partial charge >= 0.3 is 6.61 Å². The number of nitrogens with zero attached hydrogens (tertiary/aromatic N) is 6.